The van der Waals surface area contributed by atoms with Crippen LogP contribution in [0.3, 0.4) is 0 Å². The van der Waals surface area contributed by atoms with Gasteiger partial charge in [-0.2, -0.15) is 10.1 Å². The van der Waals surface area contributed by atoms with E-state index in [1.807, 2.05) is 44.2 Å². The molecule has 2 aromatic carbocycles. The molecule has 1 atom stereocenters. The van der Waals surface area contributed by atoms with Crippen molar-refractivity contribution in [3.05, 3.63) is 70.3 Å². The van der Waals surface area contributed by atoms with Gasteiger partial charge in [0.05, 0.1) is 19.0 Å². The summed E-state index contributed by atoms with van der Waals surface area (Å²) in [5, 5.41) is 7.01. The summed E-state index contributed by atoms with van der Waals surface area (Å²) >= 11 is 0. The molecule has 0 spiro atoms. The van der Waals surface area contributed by atoms with Crippen molar-refractivity contribution in [1.29, 1.82) is 0 Å². The minimum atomic E-state index is -0.806. The second-order valence-corrected chi connectivity index (χ2v) is 6.51. The van der Waals surface area contributed by atoms with Crippen molar-refractivity contribution in [3.8, 4) is 17.0 Å². The van der Waals surface area contributed by atoms with Gasteiger partial charge in [0, 0.05) is 11.3 Å². The maximum Gasteiger partial charge on any atom is 0.365 e. The summed E-state index contributed by atoms with van der Waals surface area (Å²) in [6.45, 7) is 5.52. The van der Waals surface area contributed by atoms with Crippen LogP contribution < -0.4 is 15.7 Å². The second kappa shape index (κ2) is 8.04. The molecule has 3 rings (SSSR count). The third-order valence-corrected chi connectivity index (χ3v) is 4.69. The van der Waals surface area contributed by atoms with E-state index in [9.17, 15) is 9.59 Å². The summed E-state index contributed by atoms with van der Waals surface area (Å²) in [5.41, 5.74) is 3.31. The SMILES string of the molecule is COc1cccc(-c2cnn(C(C)C(=O)Nc3cccc(C)c3C)c(=O)n2)c1. The van der Waals surface area contributed by atoms with Gasteiger partial charge in [-0.15, -0.1) is 0 Å². The van der Waals surface area contributed by atoms with Crippen molar-refractivity contribution in [3.63, 3.8) is 0 Å². The first-order valence-corrected chi connectivity index (χ1v) is 8.88. The van der Waals surface area contributed by atoms with Gasteiger partial charge in [0.2, 0.25) is 5.91 Å². The Labute approximate surface area is 163 Å². The number of hydrogen-bond donors (Lipinski definition) is 1. The highest BCUT2D eigenvalue weighted by molar-refractivity contribution is 5.94. The van der Waals surface area contributed by atoms with E-state index >= 15 is 0 Å². The molecular formula is C21H22N4O3. The lowest BCUT2D eigenvalue weighted by molar-refractivity contribution is -0.119. The average molecular weight is 378 g/mol. The molecule has 0 aliphatic heterocycles. The number of amides is 1. The number of nitrogens with one attached hydrogen (secondary N) is 1. The smallest absolute Gasteiger partial charge is 0.365 e. The lowest BCUT2D eigenvalue weighted by Gasteiger charge is -2.15. The Morgan fingerprint density at radius 1 is 1.18 bits per heavy atom. The fourth-order valence-electron chi connectivity index (χ4n) is 2.77. The number of ether oxygens (including phenoxy) is 1. The normalized spacial score (nSPS) is 11.7. The number of aryl methyl sites for hydroxylation is 1. The average Bonchev–Trinajstić information content (AvgIpc) is 2.70. The number of hydrogen-bond acceptors (Lipinski definition) is 5. The second-order valence-electron chi connectivity index (χ2n) is 6.51. The molecule has 7 nitrogen and oxygen atoms in total. The minimum absolute atomic E-state index is 0.334. The molecule has 1 N–H and O–H groups in total. The molecule has 0 fully saturated rings. The van der Waals surface area contributed by atoms with Gasteiger partial charge in [0.1, 0.15) is 11.8 Å². The molecule has 0 aliphatic rings. The van der Waals surface area contributed by atoms with Gasteiger partial charge in [0.15, 0.2) is 0 Å². The molecule has 1 amide bonds. The zero-order valence-electron chi connectivity index (χ0n) is 16.3. The van der Waals surface area contributed by atoms with Crippen LogP contribution in [-0.4, -0.2) is 27.8 Å². The fourth-order valence-corrected chi connectivity index (χ4v) is 2.77. The highest BCUT2D eigenvalue weighted by atomic mass is 16.5. The molecule has 0 aliphatic carbocycles. The quantitative estimate of drug-likeness (QED) is 0.737. The van der Waals surface area contributed by atoms with Crippen LogP contribution in [0.25, 0.3) is 11.3 Å². The predicted molar refractivity (Wildman–Crippen MR) is 108 cm³/mol. The van der Waals surface area contributed by atoms with Crippen LogP contribution in [0.4, 0.5) is 5.69 Å². The summed E-state index contributed by atoms with van der Waals surface area (Å²) in [4.78, 5) is 29.1. The fraction of sp³-hybridized carbons (Fsp3) is 0.238. The highest BCUT2D eigenvalue weighted by Gasteiger charge is 2.19. The highest BCUT2D eigenvalue weighted by Crippen LogP contribution is 2.21. The van der Waals surface area contributed by atoms with Crippen molar-refractivity contribution in [2.45, 2.75) is 26.8 Å². The van der Waals surface area contributed by atoms with E-state index in [1.165, 1.54) is 6.20 Å². The zero-order valence-corrected chi connectivity index (χ0v) is 16.3. The number of benzene rings is 2. The van der Waals surface area contributed by atoms with Gasteiger partial charge < -0.3 is 10.1 Å². The molecule has 1 aromatic heterocycles. The summed E-state index contributed by atoms with van der Waals surface area (Å²) < 4.78 is 6.26. The molecule has 0 radical (unpaired) electrons. The van der Waals surface area contributed by atoms with Crippen molar-refractivity contribution in [2.24, 2.45) is 0 Å². The van der Waals surface area contributed by atoms with E-state index < -0.39 is 11.7 Å². The van der Waals surface area contributed by atoms with E-state index in [0.29, 0.717) is 22.7 Å². The van der Waals surface area contributed by atoms with E-state index in [2.05, 4.69) is 15.4 Å². The molecule has 1 heterocycles. The van der Waals surface area contributed by atoms with Crippen LogP contribution in [0.15, 0.2) is 53.5 Å². The monoisotopic (exact) mass is 378 g/mol. The van der Waals surface area contributed by atoms with Crippen LogP contribution in [0.2, 0.25) is 0 Å². The first-order chi connectivity index (χ1) is 13.4. The van der Waals surface area contributed by atoms with Crippen molar-refractivity contribution < 1.29 is 9.53 Å². The van der Waals surface area contributed by atoms with Gasteiger partial charge in [-0.05, 0) is 50.1 Å². The van der Waals surface area contributed by atoms with Gasteiger partial charge >= 0.3 is 5.69 Å². The molecule has 1 unspecified atom stereocenters. The Morgan fingerprint density at radius 2 is 1.93 bits per heavy atom. The lowest BCUT2D eigenvalue weighted by atomic mass is 10.1. The summed E-state index contributed by atoms with van der Waals surface area (Å²) in [5.74, 6) is 0.323. The van der Waals surface area contributed by atoms with E-state index in [0.717, 1.165) is 15.8 Å². The number of methoxy groups -OCH3 is 1. The molecular weight excluding hydrogens is 356 g/mol. The maximum atomic E-state index is 12.6. The van der Waals surface area contributed by atoms with Crippen LogP contribution in [0.1, 0.15) is 24.1 Å². The Bertz CT molecular complexity index is 1080. The molecule has 0 bridgehead atoms. The maximum absolute atomic E-state index is 12.6. The Hall–Kier alpha value is -3.48. The molecule has 0 saturated carbocycles. The Balaban J connectivity index is 1.84. The third-order valence-electron chi connectivity index (χ3n) is 4.69. The zero-order chi connectivity index (χ0) is 20.3. The van der Waals surface area contributed by atoms with Gasteiger partial charge in [-0.25, -0.2) is 9.48 Å². The molecule has 144 valence electrons. The third kappa shape index (κ3) is 3.93. The van der Waals surface area contributed by atoms with E-state index in [-0.39, 0.29) is 5.91 Å². The van der Waals surface area contributed by atoms with E-state index in [4.69, 9.17) is 4.74 Å². The van der Waals surface area contributed by atoms with Crippen LogP contribution in [0.5, 0.6) is 5.75 Å². The van der Waals surface area contributed by atoms with Crippen LogP contribution >= 0.6 is 0 Å². The van der Waals surface area contributed by atoms with Crippen molar-refractivity contribution in [1.82, 2.24) is 14.8 Å². The van der Waals surface area contributed by atoms with Crippen LogP contribution in [-0.2, 0) is 4.79 Å². The summed E-state index contributed by atoms with van der Waals surface area (Å²) in [7, 11) is 1.57. The molecule has 28 heavy (non-hydrogen) atoms. The van der Waals surface area contributed by atoms with Crippen molar-refractivity contribution >= 4 is 11.6 Å². The largest absolute Gasteiger partial charge is 0.497 e. The first kappa shape index (κ1) is 19.3. The summed E-state index contributed by atoms with van der Waals surface area (Å²) in [6.07, 6.45) is 1.47. The number of aromatic nitrogens is 3. The molecule has 0 saturated heterocycles. The Morgan fingerprint density at radius 3 is 2.64 bits per heavy atom. The lowest BCUT2D eigenvalue weighted by Crippen LogP contribution is -2.35. The van der Waals surface area contributed by atoms with Gasteiger partial charge in [0.25, 0.3) is 0 Å². The van der Waals surface area contributed by atoms with E-state index in [1.54, 1.807) is 26.2 Å². The summed E-state index contributed by atoms with van der Waals surface area (Å²) in [6, 6.07) is 12.1. The number of nitrogens with zero attached hydrogens (tertiary/aromatic N) is 3. The first-order valence-electron chi connectivity index (χ1n) is 8.88. The van der Waals surface area contributed by atoms with Gasteiger partial charge in [-0.1, -0.05) is 24.3 Å². The number of carbonyl (C=O) groups is 1. The van der Waals surface area contributed by atoms with Crippen LogP contribution in [0, 0.1) is 13.8 Å². The number of carbonyl (C=O) groups excluding carboxylic acids is 1. The topological polar surface area (TPSA) is 86.1 Å². The predicted octanol–water partition coefficient (Wildman–Crippen LogP) is 3.13. The molecule has 7 heteroatoms. The minimum Gasteiger partial charge on any atom is -0.497 e. The Kier molecular flexibility index (Phi) is 5.54. The van der Waals surface area contributed by atoms with Gasteiger partial charge in [-0.3, -0.25) is 4.79 Å². The number of rotatable bonds is 5. The standard InChI is InChI=1S/C21H22N4O3/c1-13-7-5-10-18(14(13)2)23-20(26)15(3)25-21(27)24-19(12-22-25)16-8-6-9-17(11-16)28-4/h5-12,15H,1-4H3,(H,23,26). The van der Waals surface area contributed by atoms with Crippen molar-refractivity contribution in [2.75, 3.05) is 12.4 Å². The number of anilines is 1. The molecule has 3 aromatic rings.